The highest BCUT2D eigenvalue weighted by Gasteiger charge is 2.63. The Hall–Kier alpha value is -2.16. The van der Waals surface area contributed by atoms with Crippen molar-refractivity contribution in [3.63, 3.8) is 0 Å². The number of thiazole rings is 1. The van der Waals surface area contributed by atoms with Crippen LogP contribution in [0.1, 0.15) is 16.0 Å². The summed E-state index contributed by atoms with van der Waals surface area (Å²) in [5.41, 5.74) is -0.229. The number of carbonyl (C=O) groups excluding carboxylic acids is 3. The normalized spacial score (nSPS) is 21.7. The Balaban J connectivity index is 1.90. The van der Waals surface area contributed by atoms with Gasteiger partial charge in [0.2, 0.25) is 5.54 Å². The van der Waals surface area contributed by atoms with Gasteiger partial charge in [-0.15, -0.1) is 11.3 Å². The van der Waals surface area contributed by atoms with Crippen LogP contribution in [0.2, 0.25) is 9.49 Å². The summed E-state index contributed by atoms with van der Waals surface area (Å²) < 4.78 is 0.310. The smallest absolute Gasteiger partial charge is 0.323 e. The second-order valence-electron chi connectivity index (χ2n) is 5.73. The third kappa shape index (κ3) is 2.18. The van der Waals surface area contributed by atoms with E-state index in [0.717, 1.165) is 0 Å². The van der Waals surface area contributed by atoms with E-state index in [1.807, 2.05) is 0 Å². The molecule has 2 N–H and O–H groups in total. The van der Waals surface area contributed by atoms with Gasteiger partial charge in [0.25, 0.3) is 11.8 Å². The molecule has 4 amide bonds. The van der Waals surface area contributed by atoms with Gasteiger partial charge in [0.1, 0.15) is 0 Å². The molecule has 10 heteroatoms. The molecule has 0 bridgehead atoms. The first-order valence-corrected chi connectivity index (χ1v) is 8.76. The molecule has 0 saturated carbocycles. The third-order valence-electron chi connectivity index (χ3n) is 4.30. The first-order chi connectivity index (χ1) is 11.8. The van der Waals surface area contributed by atoms with Crippen molar-refractivity contribution in [2.24, 2.45) is 0 Å². The zero-order valence-electron chi connectivity index (χ0n) is 12.7. The molecule has 0 aliphatic carbocycles. The van der Waals surface area contributed by atoms with Crippen LogP contribution in [0.3, 0.4) is 0 Å². The summed E-state index contributed by atoms with van der Waals surface area (Å²) in [5.74, 6) is -1.29. The van der Waals surface area contributed by atoms with E-state index in [1.54, 1.807) is 13.0 Å². The number of rotatable bonds is 2. The maximum atomic E-state index is 12.8. The molecule has 128 valence electrons. The summed E-state index contributed by atoms with van der Waals surface area (Å²) in [6.45, 7) is 1.78. The molecule has 2 aliphatic heterocycles. The van der Waals surface area contributed by atoms with Gasteiger partial charge in [0.15, 0.2) is 4.47 Å². The van der Waals surface area contributed by atoms with Crippen LogP contribution in [0, 0.1) is 6.92 Å². The minimum atomic E-state index is -1.79. The van der Waals surface area contributed by atoms with E-state index in [1.165, 1.54) is 28.5 Å². The maximum absolute atomic E-state index is 12.8. The molecule has 2 aromatic rings. The number of benzene rings is 1. The average molecular weight is 397 g/mol. The molecule has 0 radical (unpaired) electrons. The van der Waals surface area contributed by atoms with E-state index >= 15 is 0 Å². The number of hydrogen-bond donors (Lipinski definition) is 2. The zero-order chi connectivity index (χ0) is 17.9. The van der Waals surface area contributed by atoms with Crippen molar-refractivity contribution in [2.75, 3.05) is 5.32 Å². The number of carbonyl (C=O) groups is 3. The van der Waals surface area contributed by atoms with Crippen molar-refractivity contribution >= 4 is 58.1 Å². The predicted molar refractivity (Wildman–Crippen MR) is 92.7 cm³/mol. The topological polar surface area (TPSA) is 91.4 Å². The highest BCUT2D eigenvalue weighted by atomic mass is 35.5. The van der Waals surface area contributed by atoms with Gasteiger partial charge in [-0.1, -0.05) is 23.2 Å². The van der Waals surface area contributed by atoms with Crippen LogP contribution >= 0.6 is 34.5 Å². The number of nitrogens with one attached hydrogen (secondary N) is 2. The lowest BCUT2D eigenvalue weighted by molar-refractivity contribution is -0.137. The Morgan fingerprint density at radius 3 is 2.60 bits per heavy atom. The number of nitrogens with zero attached hydrogens (tertiary/aromatic N) is 2. The van der Waals surface area contributed by atoms with E-state index in [9.17, 15) is 14.4 Å². The van der Waals surface area contributed by atoms with Gasteiger partial charge < -0.3 is 5.32 Å². The zero-order valence-corrected chi connectivity index (χ0v) is 15.1. The van der Waals surface area contributed by atoms with Crippen molar-refractivity contribution in [3.8, 4) is 0 Å². The standard InChI is InChI=1S/C15H10Cl2N4O3S/c1-6-2-7(16)3-9-10(6)19-11(22)15(9)12(23)20-14(24)21(15)5-8-4-18-13(17)25-8/h2-4H,5H2,1H3,(H,19,22)(H,20,23,24)/t15-/m1/s1. The summed E-state index contributed by atoms with van der Waals surface area (Å²) in [6.07, 6.45) is 1.51. The lowest BCUT2D eigenvalue weighted by Crippen LogP contribution is -2.51. The highest BCUT2D eigenvalue weighted by molar-refractivity contribution is 7.15. The molecule has 1 fully saturated rings. The van der Waals surface area contributed by atoms with E-state index in [4.69, 9.17) is 23.2 Å². The Bertz CT molecular complexity index is 960. The number of fused-ring (bicyclic) bond motifs is 2. The molecular formula is C15H10Cl2N4O3S. The van der Waals surface area contributed by atoms with Crippen molar-refractivity contribution in [1.82, 2.24) is 15.2 Å². The Morgan fingerprint density at radius 2 is 1.92 bits per heavy atom. The number of anilines is 1. The number of aromatic nitrogens is 1. The largest absolute Gasteiger partial charge is 0.326 e. The molecule has 3 heterocycles. The van der Waals surface area contributed by atoms with E-state index in [-0.39, 0.29) is 6.54 Å². The molecule has 25 heavy (non-hydrogen) atoms. The van der Waals surface area contributed by atoms with Gasteiger partial charge in [-0.25, -0.2) is 9.78 Å². The van der Waals surface area contributed by atoms with E-state index < -0.39 is 23.4 Å². The van der Waals surface area contributed by atoms with Gasteiger partial charge in [-0.05, 0) is 24.6 Å². The number of halogens is 2. The third-order valence-corrected chi connectivity index (χ3v) is 5.61. The molecule has 1 atom stereocenters. The fourth-order valence-corrected chi connectivity index (χ4v) is 4.49. The van der Waals surface area contributed by atoms with Gasteiger partial charge in [0, 0.05) is 21.7 Å². The van der Waals surface area contributed by atoms with Gasteiger partial charge in [-0.3, -0.25) is 19.8 Å². The SMILES string of the molecule is Cc1cc(Cl)cc2c1NC(=O)[C@@]21C(=O)NC(=O)N1Cc1cnc(Cl)s1. The van der Waals surface area contributed by atoms with Gasteiger partial charge in [0.05, 0.1) is 12.2 Å². The monoisotopic (exact) mass is 396 g/mol. The second-order valence-corrected chi connectivity index (χ2v) is 7.87. The van der Waals surface area contributed by atoms with Gasteiger partial charge in [-0.2, -0.15) is 0 Å². The lowest BCUT2D eigenvalue weighted by Gasteiger charge is -2.29. The average Bonchev–Trinajstić information content (AvgIpc) is 3.13. The summed E-state index contributed by atoms with van der Waals surface area (Å²) in [4.78, 5) is 43.7. The Kier molecular flexibility index (Phi) is 3.54. The summed E-state index contributed by atoms with van der Waals surface area (Å²) in [5, 5.41) is 5.31. The quantitative estimate of drug-likeness (QED) is 0.602. The second kappa shape index (κ2) is 5.42. The van der Waals surface area contributed by atoms with Crippen molar-refractivity contribution in [1.29, 1.82) is 0 Å². The van der Waals surface area contributed by atoms with Crippen LogP contribution in [0.25, 0.3) is 0 Å². The van der Waals surface area contributed by atoms with Crippen LogP contribution in [0.4, 0.5) is 10.5 Å². The highest BCUT2D eigenvalue weighted by Crippen LogP contribution is 2.46. The van der Waals surface area contributed by atoms with Crippen LogP contribution in [0.15, 0.2) is 18.3 Å². The molecule has 2 aliphatic rings. The van der Waals surface area contributed by atoms with E-state index in [2.05, 4.69) is 15.6 Å². The number of hydrogen-bond acceptors (Lipinski definition) is 5. The van der Waals surface area contributed by atoms with Crippen LogP contribution in [-0.2, 0) is 21.7 Å². The summed E-state index contributed by atoms with van der Waals surface area (Å²) >= 11 is 13.1. The van der Waals surface area contributed by atoms with Crippen LogP contribution in [0.5, 0.6) is 0 Å². The molecule has 0 unspecified atom stereocenters. The lowest BCUT2D eigenvalue weighted by atomic mass is 9.88. The number of amides is 4. The molecule has 4 rings (SSSR count). The fourth-order valence-electron chi connectivity index (χ4n) is 3.25. The summed E-state index contributed by atoms with van der Waals surface area (Å²) in [7, 11) is 0. The Morgan fingerprint density at radius 1 is 1.20 bits per heavy atom. The van der Waals surface area contributed by atoms with Crippen molar-refractivity contribution < 1.29 is 14.4 Å². The molecule has 1 aromatic carbocycles. The number of urea groups is 1. The first kappa shape index (κ1) is 16.3. The van der Waals surface area contributed by atoms with E-state index in [0.29, 0.717) is 31.2 Å². The van der Waals surface area contributed by atoms with Crippen LogP contribution < -0.4 is 10.6 Å². The van der Waals surface area contributed by atoms with Crippen molar-refractivity contribution in [2.45, 2.75) is 19.0 Å². The molecule has 1 aromatic heterocycles. The maximum Gasteiger partial charge on any atom is 0.326 e. The fraction of sp³-hybridized carbons (Fsp3) is 0.200. The Labute approximate surface area is 155 Å². The minimum Gasteiger partial charge on any atom is -0.323 e. The van der Waals surface area contributed by atoms with Gasteiger partial charge >= 0.3 is 6.03 Å². The van der Waals surface area contributed by atoms with Crippen LogP contribution in [-0.4, -0.2) is 27.7 Å². The molecule has 1 spiro atoms. The summed E-state index contributed by atoms with van der Waals surface area (Å²) in [6, 6.07) is 2.56. The predicted octanol–water partition coefficient (Wildman–Crippen LogP) is 2.66. The first-order valence-electron chi connectivity index (χ1n) is 7.19. The van der Waals surface area contributed by atoms with Crippen molar-refractivity contribution in [3.05, 3.63) is 43.8 Å². The molecular weight excluding hydrogens is 387 g/mol. The number of imide groups is 1. The number of aryl methyl sites for hydroxylation is 1. The molecule has 1 saturated heterocycles. The molecule has 7 nitrogen and oxygen atoms in total. The minimum absolute atomic E-state index is 0.0143.